The van der Waals surface area contributed by atoms with Gasteiger partial charge in [-0.2, -0.15) is 0 Å². The van der Waals surface area contributed by atoms with Crippen LogP contribution in [0.25, 0.3) is 0 Å². The first-order valence-corrected chi connectivity index (χ1v) is 5.02. The molecule has 2 unspecified atom stereocenters. The highest BCUT2D eigenvalue weighted by Crippen LogP contribution is 2.40. The highest BCUT2D eigenvalue weighted by Gasteiger charge is 2.14. The van der Waals surface area contributed by atoms with Crippen molar-refractivity contribution in [2.24, 2.45) is 11.8 Å². The van der Waals surface area contributed by atoms with Gasteiger partial charge in [-0.15, -0.1) is 0 Å². The average Bonchev–Trinajstić information content (AvgIpc) is 1.60. The second-order valence-corrected chi connectivity index (χ2v) is 4.54. The number of halogens is 1. The van der Waals surface area contributed by atoms with Crippen molar-refractivity contribution >= 4 is 7.68 Å². The van der Waals surface area contributed by atoms with Crippen molar-refractivity contribution in [1.82, 2.24) is 0 Å². The van der Waals surface area contributed by atoms with Gasteiger partial charge in [-0.05, 0) is 11.8 Å². The van der Waals surface area contributed by atoms with E-state index in [4.69, 9.17) is 0 Å². The molecule has 0 spiro atoms. The SMILES string of the molecule is CC(C)C(C)CP(=O)([O-])F. The van der Waals surface area contributed by atoms with Crippen LogP contribution in [0.3, 0.4) is 0 Å². The van der Waals surface area contributed by atoms with Crippen LogP contribution in [0.2, 0.25) is 0 Å². The molecule has 0 amide bonds. The lowest BCUT2D eigenvalue weighted by atomic mass is 10.0. The fourth-order valence-electron chi connectivity index (χ4n) is 0.555. The van der Waals surface area contributed by atoms with E-state index in [0.29, 0.717) is 0 Å². The summed E-state index contributed by atoms with van der Waals surface area (Å²) in [5.74, 6) is 0.131. The third-order valence-electron chi connectivity index (χ3n) is 1.64. The van der Waals surface area contributed by atoms with Crippen LogP contribution in [0.15, 0.2) is 0 Å². The van der Waals surface area contributed by atoms with Gasteiger partial charge >= 0.3 is 0 Å². The Bertz CT molecular complexity index is 141. The van der Waals surface area contributed by atoms with Gasteiger partial charge in [0.1, 0.15) is 0 Å². The Morgan fingerprint density at radius 3 is 2.00 bits per heavy atom. The molecule has 0 bridgehead atoms. The van der Waals surface area contributed by atoms with Crippen LogP contribution < -0.4 is 4.89 Å². The zero-order valence-electron chi connectivity index (χ0n) is 6.50. The number of hydrogen-bond acceptors (Lipinski definition) is 2. The molecule has 10 heavy (non-hydrogen) atoms. The molecule has 4 heteroatoms. The van der Waals surface area contributed by atoms with E-state index in [0.717, 1.165) is 0 Å². The molecule has 62 valence electrons. The van der Waals surface area contributed by atoms with Crippen LogP contribution in [0.4, 0.5) is 4.20 Å². The van der Waals surface area contributed by atoms with E-state index in [2.05, 4.69) is 0 Å². The Kier molecular flexibility index (Phi) is 3.54. The van der Waals surface area contributed by atoms with Gasteiger partial charge in [-0.3, -0.25) is 0 Å². The first kappa shape index (κ1) is 10.1. The van der Waals surface area contributed by atoms with Crippen molar-refractivity contribution in [3.8, 4) is 0 Å². The highest BCUT2D eigenvalue weighted by molar-refractivity contribution is 7.50. The van der Waals surface area contributed by atoms with Crippen molar-refractivity contribution < 1.29 is 13.7 Å². The molecule has 0 aromatic carbocycles. The molecule has 0 aromatic rings. The molecular formula is C6H13FO2P-. The van der Waals surface area contributed by atoms with Gasteiger partial charge in [-0.1, -0.05) is 20.8 Å². The quantitative estimate of drug-likeness (QED) is 0.601. The first-order valence-electron chi connectivity index (χ1n) is 3.32. The largest absolute Gasteiger partial charge is 0.775 e. The minimum atomic E-state index is -4.53. The van der Waals surface area contributed by atoms with Crippen LogP contribution in [-0.4, -0.2) is 6.16 Å². The van der Waals surface area contributed by atoms with Crippen molar-refractivity contribution in [1.29, 1.82) is 0 Å². The van der Waals surface area contributed by atoms with E-state index < -0.39 is 7.68 Å². The molecule has 0 saturated carbocycles. The fourth-order valence-corrected chi connectivity index (χ4v) is 1.66. The van der Waals surface area contributed by atoms with Crippen molar-refractivity contribution in [2.45, 2.75) is 20.8 Å². The third kappa shape index (κ3) is 4.95. The summed E-state index contributed by atoms with van der Waals surface area (Å²) in [6.07, 6.45) is -0.329. The second kappa shape index (κ2) is 3.49. The summed E-state index contributed by atoms with van der Waals surface area (Å²) in [5.41, 5.74) is 0. The van der Waals surface area contributed by atoms with Gasteiger partial charge in [0.2, 0.25) is 0 Å². The minimum Gasteiger partial charge on any atom is -0.775 e. The summed E-state index contributed by atoms with van der Waals surface area (Å²) in [4.78, 5) is 10.1. The summed E-state index contributed by atoms with van der Waals surface area (Å²) in [6, 6.07) is 0. The van der Waals surface area contributed by atoms with Gasteiger partial charge in [-0.25, -0.2) is 4.20 Å². The molecular weight excluding hydrogens is 154 g/mol. The smallest absolute Gasteiger partial charge is 0.181 e. The number of rotatable bonds is 3. The molecule has 0 heterocycles. The molecule has 2 nitrogen and oxygen atoms in total. The van der Waals surface area contributed by atoms with Crippen LogP contribution in [0.5, 0.6) is 0 Å². The van der Waals surface area contributed by atoms with Crippen molar-refractivity contribution in [3.05, 3.63) is 0 Å². The van der Waals surface area contributed by atoms with Crippen LogP contribution in [-0.2, 0) is 4.57 Å². The van der Waals surface area contributed by atoms with Gasteiger partial charge in [0.15, 0.2) is 7.68 Å². The monoisotopic (exact) mass is 167 g/mol. The van der Waals surface area contributed by atoms with E-state index in [-0.39, 0.29) is 18.0 Å². The fraction of sp³-hybridized carbons (Fsp3) is 1.00. The zero-order chi connectivity index (χ0) is 8.36. The first-order chi connectivity index (χ1) is 4.33. The van der Waals surface area contributed by atoms with Crippen LogP contribution >= 0.6 is 7.68 Å². The summed E-state index contributed by atoms with van der Waals surface area (Å²) in [6.45, 7) is 5.48. The number of hydrogen-bond donors (Lipinski definition) is 0. The molecule has 0 aliphatic rings. The normalized spacial score (nSPS) is 20.6. The lowest BCUT2D eigenvalue weighted by molar-refractivity contribution is -0.187. The van der Waals surface area contributed by atoms with Gasteiger partial charge in [0.05, 0.1) is 0 Å². The minimum absolute atomic E-state index is 0.0895. The van der Waals surface area contributed by atoms with E-state index in [1.54, 1.807) is 6.92 Å². The Morgan fingerprint density at radius 2 is 1.90 bits per heavy atom. The Hall–Kier alpha value is 0.120. The maximum atomic E-state index is 12.0. The highest BCUT2D eigenvalue weighted by atomic mass is 31.2. The topological polar surface area (TPSA) is 40.1 Å². The molecule has 0 radical (unpaired) electrons. The third-order valence-corrected chi connectivity index (χ3v) is 2.66. The zero-order valence-corrected chi connectivity index (χ0v) is 7.40. The van der Waals surface area contributed by atoms with Gasteiger partial charge in [0.25, 0.3) is 0 Å². The maximum Gasteiger partial charge on any atom is 0.181 e. The molecule has 2 atom stereocenters. The molecule has 0 rings (SSSR count). The van der Waals surface area contributed by atoms with E-state index in [9.17, 15) is 13.7 Å². The van der Waals surface area contributed by atoms with Gasteiger partial charge in [0, 0.05) is 6.16 Å². The Morgan fingerprint density at radius 1 is 1.50 bits per heavy atom. The van der Waals surface area contributed by atoms with Crippen LogP contribution in [0, 0.1) is 11.8 Å². The Labute approximate surface area is 61.0 Å². The lowest BCUT2D eigenvalue weighted by Gasteiger charge is -2.20. The van der Waals surface area contributed by atoms with E-state index in [1.807, 2.05) is 13.8 Å². The van der Waals surface area contributed by atoms with Gasteiger partial charge < -0.3 is 9.46 Å². The summed E-state index contributed by atoms with van der Waals surface area (Å²) < 4.78 is 22.1. The molecule has 0 aliphatic heterocycles. The summed E-state index contributed by atoms with van der Waals surface area (Å²) in [5, 5.41) is 0. The van der Waals surface area contributed by atoms with Crippen molar-refractivity contribution in [2.75, 3.05) is 6.16 Å². The molecule has 0 N–H and O–H groups in total. The molecule has 0 aliphatic carbocycles. The predicted octanol–water partition coefficient (Wildman–Crippen LogP) is 1.80. The van der Waals surface area contributed by atoms with E-state index in [1.165, 1.54) is 0 Å². The predicted molar refractivity (Wildman–Crippen MR) is 37.6 cm³/mol. The van der Waals surface area contributed by atoms with E-state index >= 15 is 0 Å². The van der Waals surface area contributed by atoms with Crippen molar-refractivity contribution in [3.63, 3.8) is 0 Å². The Balaban J connectivity index is 3.80. The van der Waals surface area contributed by atoms with Crippen LogP contribution in [0.1, 0.15) is 20.8 Å². The summed E-state index contributed by atoms with van der Waals surface area (Å²) in [7, 11) is -4.53. The molecule has 0 saturated heterocycles. The maximum absolute atomic E-state index is 12.0. The summed E-state index contributed by atoms with van der Waals surface area (Å²) >= 11 is 0. The second-order valence-electron chi connectivity index (χ2n) is 2.99. The average molecular weight is 167 g/mol. The molecule has 0 fully saturated rings. The standard InChI is InChI=1S/C6H14FO2P/c1-5(2)6(3)4-10(7,8)9/h5-6H,4H2,1-3H3,(H,8,9)/p-1. The lowest BCUT2D eigenvalue weighted by Crippen LogP contribution is -2.12. The molecule has 0 aromatic heterocycles.